The number of hydrogen-bond donors (Lipinski definition) is 1. The van der Waals surface area contributed by atoms with Gasteiger partial charge in [0.2, 0.25) is 0 Å². The molecule has 134 valence electrons. The number of carbonyl (C=O) groups excluding carboxylic acids is 1. The second kappa shape index (κ2) is 7.93. The van der Waals surface area contributed by atoms with E-state index in [1.807, 2.05) is 37.3 Å². The standard InChI is InChI=1S/C20H21N3O3/c1-14-7-9-15(10-8-14)19(24)21-13-18-16-5-3-4-6-17(16)20(25)23(22-18)11-12-26-2/h3-10H,11-13H2,1-2H3,(H,21,24). The zero-order chi connectivity index (χ0) is 18.5. The van der Waals surface area contributed by atoms with E-state index in [4.69, 9.17) is 4.74 Å². The van der Waals surface area contributed by atoms with Crippen LogP contribution in [0.3, 0.4) is 0 Å². The number of nitrogens with zero attached hydrogens (tertiary/aromatic N) is 2. The van der Waals surface area contributed by atoms with E-state index in [1.54, 1.807) is 25.3 Å². The van der Waals surface area contributed by atoms with Crippen LogP contribution in [0.15, 0.2) is 53.3 Å². The Hall–Kier alpha value is -2.99. The number of amides is 1. The molecule has 3 aromatic rings. The Bertz CT molecular complexity index is 978. The van der Waals surface area contributed by atoms with Crippen molar-refractivity contribution in [2.24, 2.45) is 0 Å². The van der Waals surface area contributed by atoms with Gasteiger partial charge in [-0.3, -0.25) is 9.59 Å². The van der Waals surface area contributed by atoms with Crippen LogP contribution in [-0.4, -0.2) is 29.4 Å². The molecule has 1 N–H and O–H groups in total. The third kappa shape index (κ3) is 3.81. The molecule has 0 bridgehead atoms. The van der Waals surface area contributed by atoms with Crippen LogP contribution in [0.25, 0.3) is 10.8 Å². The van der Waals surface area contributed by atoms with Gasteiger partial charge >= 0.3 is 0 Å². The fraction of sp³-hybridized carbons (Fsp3) is 0.250. The summed E-state index contributed by atoms with van der Waals surface area (Å²) in [5, 5.41) is 8.64. The summed E-state index contributed by atoms with van der Waals surface area (Å²) in [4.78, 5) is 24.9. The van der Waals surface area contributed by atoms with Crippen molar-refractivity contribution in [3.8, 4) is 0 Å². The summed E-state index contributed by atoms with van der Waals surface area (Å²) in [7, 11) is 1.58. The third-order valence-corrected chi connectivity index (χ3v) is 4.18. The average Bonchev–Trinajstić information content (AvgIpc) is 2.67. The highest BCUT2D eigenvalue weighted by molar-refractivity contribution is 5.94. The quantitative estimate of drug-likeness (QED) is 0.739. The van der Waals surface area contributed by atoms with Gasteiger partial charge in [0, 0.05) is 18.1 Å². The van der Waals surface area contributed by atoms with E-state index < -0.39 is 0 Å². The van der Waals surface area contributed by atoms with Gasteiger partial charge in [-0.25, -0.2) is 4.68 Å². The maximum atomic E-state index is 12.5. The lowest BCUT2D eigenvalue weighted by Crippen LogP contribution is -2.29. The summed E-state index contributed by atoms with van der Waals surface area (Å²) in [5.74, 6) is -0.175. The number of ether oxygens (including phenoxy) is 1. The van der Waals surface area contributed by atoms with Gasteiger partial charge < -0.3 is 10.1 Å². The molecule has 6 nitrogen and oxygen atoms in total. The van der Waals surface area contributed by atoms with E-state index in [0.717, 1.165) is 10.9 Å². The van der Waals surface area contributed by atoms with E-state index >= 15 is 0 Å². The maximum Gasteiger partial charge on any atom is 0.274 e. The second-order valence-electron chi connectivity index (χ2n) is 6.06. The first-order valence-electron chi connectivity index (χ1n) is 8.42. The molecule has 1 heterocycles. The molecule has 3 rings (SSSR count). The predicted molar refractivity (Wildman–Crippen MR) is 100 cm³/mol. The Morgan fingerprint density at radius 2 is 1.81 bits per heavy atom. The zero-order valence-electron chi connectivity index (χ0n) is 14.9. The molecule has 0 unspecified atom stereocenters. The Kier molecular flexibility index (Phi) is 5.43. The van der Waals surface area contributed by atoms with Crippen LogP contribution < -0.4 is 10.9 Å². The third-order valence-electron chi connectivity index (χ3n) is 4.18. The monoisotopic (exact) mass is 351 g/mol. The number of fused-ring (bicyclic) bond motifs is 1. The Labute approximate surface area is 151 Å². The van der Waals surface area contributed by atoms with E-state index in [9.17, 15) is 9.59 Å². The summed E-state index contributed by atoms with van der Waals surface area (Å²) in [6.45, 7) is 2.96. The maximum absolute atomic E-state index is 12.5. The van der Waals surface area contributed by atoms with Gasteiger partial charge in [-0.05, 0) is 25.1 Å². The molecule has 0 saturated carbocycles. The number of aryl methyl sites for hydroxylation is 1. The highest BCUT2D eigenvalue weighted by Gasteiger charge is 2.12. The molecule has 6 heteroatoms. The molecule has 0 aliphatic carbocycles. The topological polar surface area (TPSA) is 73.2 Å². The first-order valence-corrected chi connectivity index (χ1v) is 8.42. The lowest BCUT2D eigenvalue weighted by Gasteiger charge is -2.11. The van der Waals surface area contributed by atoms with Crippen molar-refractivity contribution in [3.63, 3.8) is 0 Å². The molecular formula is C20H21N3O3. The molecule has 1 aromatic heterocycles. The lowest BCUT2D eigenvalue weighted by atomic mass is 10.1. The van der Waals surface area contributed by atoms with E-state index in [-0.39, 0.29) is 18.0 Å². The largest absolute Gasteiger partial charge is 0.383 e. The molecule has 0 aliphatic rings. The fourth-order valence-electron chi connectivity index (χ4n) is 2.74. The van der Waals surface area contributed by atoms with E-state index in [1.165, 1.54) is 4.68 Å². The highest BCUT2D eigenvalue weighted by Crippen LogP contribution is 2.13. The first-order chi connectivity index (χ1) is 12.6. The normalized spacial score (nSPS) is 10.8. The summed E-state index contributed by atoms with van der Waals surface area (Å²) < 4.78 is 6.44. The van der Waals surface area contributed by atoms with Crippen molar-refractivity contribution < 1.29 is 9.53 Å². The minimum absolute atomic E-state index is 0.161. The van der Waals surface area contributed by atoms with Crippen LogP contribution in [-0.2, 0) is 17.8 Å². The summed E-state index contributed by atoms with van der Waals surface area (Å²) >= 11 is 0. The summed E-state index contributed by atoms with van der Waals surface area (Å²) in [6, 6.07) is 14.7. The van der Waals surface area contributed by atoms with Gasteiger partial charge in [-0.15, -0.1) is 0 Å². The van der Waals surface area contributed by atoms with Crippen molar-refractivity contribution in [2.45, 2.75) is 20.0 Å². The number of carbonyl (C=O) groups is 1. The number of benzene rings is 2. The van der Waals surface area contributed by atoms with Crippen molar-refractivity contribution in [3.05, 3.63) is 75.7 Å². The van der Waals surface area contributed by atoms with Gasteiger partial charge in [0.15, 0.2) is 0 Å². The smallest absolute Gasteiger partial charge is 0.274 e. The molecule has 0 saturated heterocycles. The van der Waals surface area contributed by atoms with Crippen LogP contribution in [0.2, 0.25) is 0 Å². The lowest BCUT2D eigenvalue weighted by molar-refractivity contribution is 0.0950. The predicted octanol–water partition coefficient (Wildman–Crippen LogP) is 2.28. The fourth-order valence-corrected chi connectivity index (χ4v) is 2.74. The Balaban J connectivity index is 1.88. The summed E-state index contributed by atoms with van der Waals surface area (Å²) in [5.41, 5.74) is 2.18. The number of methoxy groups -OCH3 is 1. The Morgan fingerprint density at radius 3 is 2.50 bits per heavy atom. The Morgan fingerprint density at radius 1 is 1.12 bits per heavy atom. The minimum atomic E-state index is -0.175. The van der Waals surface area contributed by atoms with Crippen molar-refractivity contribution in [1.29, 1.82) is 0 Å². The molecule has 0 fully saturated rings. The zero-order valence-corrected chi connectivity index (χ0v) is 14.9. The highest BCUT2D eigenvalue weighted by atomic mass is 16.5. The van der Waals surface area contributed by atoms with Crippen molar-refractivity contribution >= 4 is 16.7 Å². The number of nitrogens with one attached hydrogen (secondary N) is 1. The molecular weight excluding hydrogens is 330 g/mol. The SMILES string of the molecule is COCCn1nc(CNC(=O)c2ccc(C)cc2)c2ccccc2c1=O. The van der Waals surface area contributed by atoms with Crippen LogP contribution in [0.1, 0.15) is 21.6 Å². The van der Waals surface area contributed by atoms with Gasteiger partial charge in [-0.1, -0.05) is 35.9 Å². The average molecular weight is 351 g/mol. The van der Waals surface area contributed by atoms with Gasteiger partial charge in [0.1, 0.15) is 0 Å². The molecule has 2 aromatic carbocycles. The number of hydrogen-bond acceptors (Lipinski definition) is 4. The number of rotatable bonds is 6. The van der Waals surface area contributed by atoms with Gasteiger partial charge in [0.05, 0.1) is 30.8 Å². The molecule has 0 spiro atoms. The minimum Gasteiger partial charge on any atom is -0.383 e. The molecule has 1 amide bonds. The van der Waals surface area contributed by atoms with Gasteiger partial charge in [-0.2, -0.15) is 5.10 Å². The van der Waals surface area contributed by atoms with E-state index in [0.29, 0.717) is 29.8 Å². The molecule has 0 radical (unpaired) electrons. The van der Waals surface area contributed by atoms with Gasteiger partial charge in [0.25, 0.3) is 11.5 Å². The molecule has 26 heavy (non-hydrogen) atoms. The van der Waals surface area contributed by atoms with Crippen LogP contribution >= 0.6 is 0 Å². The molecule has 0 aliphatic heterocycles. The summed E-state index contributed by atoms with van der Waals surface area (Å²) in [6.07, 6.45) is 0. The number of aromatic nitrogens is 2. The molecule has 0 atom stereocenters. The second-order valence-corrected chi connectivity index (χ2v) is 6.06. The van der Waals surface area contributed by atoms with Crippen molar-refractivity contribution in [1.82, 2.24) is 15.1 Å². The van der Waals surface area contributed by atoms with Crippen LogP contribution in [0.4, 0.5) is 0 Å². The van der Waals surface area contributed by atoms with Crippen LogP contribution in [0.5, 0.6) is 0 Å². The van der Waals surface area contributed by atoms with Crippen LogP contribution in [0, 0.1) is 6.92 Å². The first kappa shape index (κ1) is 17.8. The van der Waals surface area contributed by atoms with E-state index in [2.05, 4.69) is 10.4 Å². The van der Waals surface area contributed by atoms with Crippen molar-refractivity contribution in [2.75, 3.05) is 13.7 Å².